The average Bonchev–Trinajstić information content (AvgIpc) is 2.70. The van der Waals surface area contributed by atoms with Crippen molar-refractivity contribution in [2.45, 2.75) is 64.8 Å². The number of benzene rings is 2. The summed E-state index contributed by atoms with van der Waals surface area (Å²) in [6.45, 7) is 7.57. The van der Waals surface area contributed by atoms with Crippen LogP contribution in [0.5, 0.6) is 11.5 Å². The highest BCUT2D eigenvalue weighted by atomic mass is 16.5. The molecule has 3 rings (SSSR count). The monoisotopic (exact) mass is 395 g/mol. The minimum Gasteiger partial charge on any atom is -0.492 e. The molecular formula is C26H37NO2. The number of rotatable bonds is 9. The number of nitrogens with zero attached hydrogens (tertiary/aromatic N) is 1. The molecule has 2 aromatic carbocycles. The van der Waals surface area contributed by atoms with Crippen LogP contribution < -0.4 is 9.47 Å². The van der Waals surface area contributed by atoms with Crippen molar-refractivity contribution >= 4 is 0 Å². The Bertz CT molecular complexity index is 636. The Morgan fingerprint density at radius 1 is 0.655 bits per heavy atom. The minimum absolute atomic E-state index is 0.651. The van der Waals surface area contributed by atoms with Crippen LogP contribution in [-0.4, -0.2) is 37.2 Å². The molecule has 0 bridgehead atoms. The molecule has 0 heterocycles. The van der Waals surface area contributed by atoms with Crippen molar-refractivity contribution in [3.63, 3.8) is 0 Å². The summed E-state index contributed by atoms with van der Waals surface area (Å²) in [5, 5.41) is 0. The van der Waals surface area contributed by atoms with E-state index in [1.54, 1.807) is 0 Å². The Hall–Kier alpha value is -2.00. The van der Waals surface area contributed by atoms with E-state index in [0.717, 1.165) is 37.8 Å². The van der Waals surface area contributed by atoms with Gasteiger partial charge >= 0.3 is 0 Å². The van der Waals surface area contributed by atoms with Gasteiger partial charge in [0.25, 0.3) is 0 Å². The average molecular weight is 396 g/mol. The standard InChI is InChI=1S/C26H37NO2/c1-22-10-14-25(15-11-22)28-20-18-27(24-8-6-4-3-5-7-9-24)19-21-29-26-16-12-23(2)13-17-26/h10-17,24H,3-9,18-21H2,1-2H3. The van der Waals surface area contributed by atoms with Crippen molar-refractivity contribution < 1.29 is 9.47 Å². The van der Waals surface area contributed by atoms with E-state index in [2.05, 4.69) is 67.3 Å². The fourth-order valence-corrected chi connectivity index (χ4v) is 4.11. The summed E-state index contributed by atoms with van der Waals surface area (Å²) in [5.41, 5.74) is 2.53. The fraction of sp³-hybridized carbons (Fsp3) is 0.538. The van der Waals surface area contributed by atoms with Crippen LogP contribution in [0.3, 0.4) is 0 Å². The maximum Gasteiger partial charge on any atom is 0.119 e. The fourth-order valence-electron chi connectivity index (χ4n) is 4.11. The first-order valence-electron chi connectivity index (χ1n) is 11.3. The quantitative estimate of drug-likeness (QED) is 0.506. The molecule has 1 aliphatic carbocycles. The highest BCUT2D eigenvalue weighted by molar-refractivity contribution is 5.27. The van der Waals surface area contributed by atoms with E-state index in [9.17, 15) is 0 Å². The van der Waals surface area contributed by atoms with Gasteiger partial charge in [0, 0.05) is 19.1 Å². The van der Waals surface area contributed by atoms with Crippen LogP contribution in [-0.2, 0) is 0 Å². The second-order valence-electron chi connectivity index (χ2n) is 8.36. The van der Waals surface area contributed by atoms with E-state index in [1.807, 2.05) is 0 Å². The molecule has 0 atom stereocenters. The van der Waals surface area contributed by atoms with Gasteiger partial charge < -0.3 is 9.47 Å². The lowest BCUT2D eigenvalue weighted by Gasteiger charge is -2.33. The molecule has 29 heavy (non-hydrogen) atoms. The van der Waals surface area contributed by atoms with Gasteiger partial charge in [0.15, 0.2) is 0 Å². The molecule has 0 radical (unpaired) electrons. The maximum absolute atomic E-state index is 6.03. The van der Waals surface area contributed by atoms with E-state index in [0.29, 0.717) is 6.04 Å². The zero-order valence-electron chi connectivity index (χ0n) is 18.2. The van der Waals surface area contributed by atoms with Crippen LogP contribution in [0.25, 0.3) is 0 Å². The summed E-state index contributed by atoms with van der Waals surface area (Å²) in [7, 11) is 0. The molecule has 3 nitrogen and oxygen atoms in total. The van der Waals surface area contributed by atoms with Crippen LogP contribution in [0.15, 0.2) is 48.5 Å². The van der Waals surface area contributed by atoms with E-state index in [-0.39, 0.29) is 0 Å². The highest BCUT2D eigenvalue weighted by Crippen LogP contribution is 2.22. The molecule has 0 aliphatic heterocycles. The molecule has 0 aromatic heterocycles. The number of hydrogen-bond acceptors (Lipinski definition) is 3. The van der Waals surface area contributed by atoms with Crippen LogP contribution in [0.4, 0.5) is 0 Å². The molecule has 158 valence electrons. The maximum atomic E-state index is 6.03. The third-order valence-electron chi connectivity index (χ3n) is 5.93. The molecule has 1 saturated carbocycles. The third-order valence-corrected chi connectivity index (χ3v) is 5.93. The van der Waals surface area contributed by atoms with Crippen molar-refractivity contribution in [3.05, 3.63) is 59.7 Å². The zero-order valence-corrected chi connectivity index (χ0v) is 18.2. The molecule has 0 unspecified atom stereocenters. The van der Waals surface area contributed by atoms with Crippen molar-refractivity contribution in [1.29, 1.82) is 0 Å². The SMILES string of the molecule is Cc1ccc(OCCN(CCOc2ccc(C)cc2)C2CCCCCCC2)cc1. The summed E-state index contributed by atoms with van der Waals surface area (Å²) >= 11 is 0. The van der Waals surface area contributed by atoms with Crippen molar-refractivity contribution in [2.24, 2.45) is 0 Å². The lowest BCUT2D eigenvalue weighted by Crippen LogP contribution is -2.41. The summed E-state index contributed by atoms with van der Waals surface area (Å²) in [6, 6.07) is 17.3. The molecule has 0 spiro atoms. The van der Waals surface area contributed by atoms with Gasteiger partial charge in [-0.05, 0) is 51.0 Å². The lowest BCUT2D eigenvalue weighted by atomic mass is 9.95. The van der Waals surface area contributed by atoms with Gasteiger partial charge in [0.1, 0.15) is 24.7 Å². The van der Waals surface area contributed by atoms with Gasteiger partial charge in [-0.25, -0.2) is 0 Å². The van der Waals surface area contributed by atoms with Crippen LogP contribution >= 0.6 is 0 Å². The Morgan fingerprint density at radius 3 is 1.52 bits per heavy atom. The topological polar surface area (TPSA) is 21.7 Å². The minimum atomic E-state index is 0.651. The molecular weight excluding hydrogens is 358 g/mol. The predicted octanol–water partition coefficient (Wildman–Crippen LogP) is 6.18. The summed E-state index contributed by atoms with van der Waals surface area (Å²) in [6.07, 6.45) is 9.45. The van der Waals surface area contributed by atoms with Gasteiger partial charge in [0.2, 0.25) is 0 Å². The van der Waals surface area contributed by atoms with Gasteiger partial charge in [-0.1, -0.05) is 67.5 Å². The smallest absolute Gasteiger partial charge is 0.119 e. The molecule has 0 amide bonds. The summed E-state index contributed by atoms with van der Waals surface area (Å²) < 4.78 is 12.1. The highest BCUT2D eigenvalue weighted by Gasteiger charge is 2.19. The Kier molecular flexibility index (Phi) is 8.88. The number of ether oxygens (including phenoxy) is 2. The van der Waals surface area contributed by atoms with E-state index < -0.39 is 0 Å². The zero-order chi connectivity index (χ0) is 20.3. The van der Waals surface area contributed by atoms with Gasteiger partial charge in [-0.2, -0.15) is 0 Å². The first-order valence-corrected chi connectivity index (χ1v) is 11.3. The van der Waals surface area contributed by atoms with E-state index >= 15 is 0 Å². The molecule has 0 saturated heterocycles. The summed E-state index contributed by atoms with van der Waals surface area (Å²) in [4.78, 5) is 2.60. The van der Waals surface area contributed by atoms with E-state index in [1.165, 1.54) is 56.1 Å². The van der Waals surface area contributed by atoms with Crippen molar-refractivity contribution in [1.82, 2.24) is 4.90 Å². The summed E-state index contributed by atoms with van der Waals surface area (Å²) in [5.74, 6) is 1.92. The molecule has 1 fully saturated rings. The predicted molar refractivity (Wildman–Crippen MR) is 121 cm³/mol. The molecule has 3 heteroatoms. The van der Waals surface area contributed by atoms with Gasteiger partial charge in [-0.15, -0.1) is 0 Å². The van der Waals surface area contributed by atoms with Gasteiger partial charge in [-0.3, -0.25) is 4.90 Å². The number of aryl methyl sites for hydroxylation is 2. The Labute approximate surface area is 177 Å². The normalized spacial score (nSPS) is 15.7. The van der Waals surface area contributed by atoms with Gasteiger partial charge in [0.05, 0.1) is 0 Å². The largest absolute Gasteiger partial charge is 0.492 e. The van der Waals surface area contributed by atoms with Crippen molar-refractivity contribution in [3.8, 4) is 11.5 Å². The second-order valence-corrected chi connectivity index (χ2v) is 8.36. The Balaban J connectivity index is 1.52. The molecule has 1 aliphatic rings. The van der Waals surface area contributed by atoms with Crippen LogP contribution in [0.1, 0.15) is 56.1 Å². The first kappa shape index (κ1) is 21.7. The first-order chi connectivity index (χ1) is 14.2. The Morgan fingerprint density at radius 2 is 1.07 bits per heavy atom. The number of hydrogen-bond donors (Lipinski definition) is 0. The molecule has 2 aromatic rings. The third kappa shape index (κ3) is 7.74. The van der Waals surface area contributed by atoms with Crippen LogP contribution in [0, 0.1) is 13.8 Å². The molecule has 0 N–H and O–H groups in total. The van der Waals surface area contributed by atoms with Crippen LogP contribution in [0.2, 0.25) is 0 Å². The lowest BCUT2D eigenvalue weighted by molar-refractivity contribution is 0.117. The van der Waals surface area contributed by atoms with Crippen molar-refractivity contribution in [2.75, 3.05) is 26.3 Å². The second kappa shape index (κ2) is 11.9. The van der Waals surface area contributed by atoms with E-state index in [4.69, 9.17) is 9.47 Å².